The predicted molar refractivity (Wildman–Crippen MR) is 65.1 cm³/mol. The molecule has 18 heavy (non-hydrogen) atoms. The molecule has 0 radical (unpaired) electrons. The summed E-state index contributed by atoms with van der Waals surface area (Å²) < 4.78 is 5.02. The van der Waals surface area contributed by atoms with Crippen molar-refractivity contribution in [2.45, 2.75) is 19.3 Å². The first-order valence-corrected chi connectivity index (χ1v) is 6.35. The van der Waals surface area contributed by atoms with E-state index in [1.807, 2.05) is 0 Å². The van der Waals surface area contributed by atoms with Gasteiger partial charge in [0.2, 0.25) is 0 Å². The highest BCUT2D eigenvalue weighted by Gasteiger charge is 2.39. The number of rotatable bonds is 3. The van der Waals surface area contributed by atoms with Gasteiger partial charge in [-0.3, -0.25) is 4.79 Å². The lowest BCUT2D eigenvalue weighted by Gasteiger charge is -2.42. The van der Waals surface area contributed by atoms with Gasteiger partial charge in [0, 0.05) is 13.1 Å². The molecule has 0 spiro atoms. The van der Waals surface area contributed by atoms with Crippen molar-refractivity contribution in [2.24, 2.45) is 17.8 Å². The molecule has 1 heterocycles. The van der Waals surface area contributed by atoms with Crippen molar-refractivity contribution in [2.75, 3.05) is 19.7 Å². The summed E-state index contributed by atoms with van der Waals surface area (Å²) in [6.45, 7) is 4.97. The van der Waals surface area contributed by atoms with E-state index in [2.05, 4.69) is 6.58 Å². The summed E-state index contributed by atoms with van der Waals surface area (Å²) in [7, 11) is 0. The quantitative estimate of drug-likeness (QED) is 0.778. The molecular formula is C13H19NO4. The Hall–Kier alpha value is -1.52. The van der Waals surface area contributed by atoms with Crippen LogP contribution in [0.25, 0.3) is 0 Å². The molecular weight excluding hydrogens is 234 g/mol. The van der Waals surface area contributed by atoms with Crippen LogP contribution in [0.2, 0.25) is 0 Å². The van der Waals surface area contributed by atoms with Crippen LogP contribution in [0.5, 0.6) is 0 Å². The summed E-state index contributed by atoms with van der Waals surface area (Å²) in [6, 6.07) is 0. The fraction of sp³-hybridized carbons (Fsp3) is 0.692. The standard InChI is InChI=1S/C13H19NO4/c1-2-3-18-13(17)14-7-9-4-10(8-14)6-11(5-9)12(15)16/h2,9-11H,1,3-8H2,(H,15,16)/t9-,10+,11?. The van der Waals surface area contributed by atoms with Crippen molar-refractivity contribution < 1.29 is 19.4 Å². The number of piperidine rings is 1. The Morgan fingerprint density at radius 2 is 1.89 bits per heavy atom. The Labute approximate surface area is 106 Å². The number of likely N-dealkylation sites (tertiary alicyclic amines) is 1. The van der Waals surface area contributed by atoms with Crippen LogP contribution < -0.4 is 0 Å². The fourth-order valence-electron chi connectivity index (χ4n) is 3.13. The summed E-state index contributed by atoms with van der Waals surface area (Å²) in [5.41, 5.74) is 0. The Bertz CT molecular complexity index is 341. The molecule has 5 nitrogen and oxygen atoms in total. The smallest absolute Gasteiger partial charge is 0.410 e. The highest BCUT2D eigenvalue weighted by atomic mass is 16.6. The first kappa shape index (κ1) is 12.9. The van der Waals surface area contributed by atoms with Crippen molar-refractivity contribution in [1.82, 2.24) is 4.90 Å². The molecule has 0 aromatic carbocycles. The molecule has 1 N–H and O–H groups in total. The van der Waals surface area contributed by atoms with E-state index in [9.17, 15) is 9.59 Å². The third-order valence-electron chi connectivity index (χ3n) is 3.79. The maximum atomic E-state index is 11.7. The van der Waals surface area contributed by atoms with Gasteiger partial charge < -0.3 is 14.7 Å². The van der Waals surface area contributed by atoms with E-state index in [-0.39, 0.29) is 18.6 Å². The third kappa shape index (κ3) is 2.83. The number of aliphatic carboxylic acids is 1. The topological polar surface area (TPSA) is 66.8 Å². The van der Waals surface area contributed by atoms with Gasteiger partial charge in [-0.15, -0.1) is 0 Å². The lowest BCUT2D eigenvalue weighted by Crippen LogP contribution is -2.48. The highest BCUT2D eigenvalue weighted by Crippen LogP contribution is 2.38. The fourth-order valence-corrected chi connectivity index (χ4v) is 3.13. The number of carboxylic acid groups (broad SMARTS) is 1. The second-order valence-corrected chi connectivity index (χ2v) is 5.24. The third-order valence-corrected chi connectivity index (χ3v) is 3.79. The second kappa shape index (κ2) is 5.42. The Morgan fingerprint density at radius 3 is 2.39 bits per heavy atom. The van der Waals surface area contributed by atoms with Crippen molar-refractivity contribution in [3.63, 3.8) is 0 Å². The van der Waals surface area contributed by atoms with Gasteiger partial charge in [0.25, 0.3) is 0 Å². The number of hydrogen-bond donors (Lipinski definition) is 1. The molecule has 0 aromatic rings. The van der Waals surface area contributed by atoms with E-state index in [0.717, 1.165) is 6.42 Å². The Kier molecular flexibility index (Phi) is 3.89. The Balaban J connectivity index is 1.92. The molecule has 2 aliphatic rings. The minimum atomic E-state index is -0.701. The van der Waals surface area contributed by atoms with E-state index in [1.54, 1.807) is 11.0 Å². The zero-order chi connectivity index (χ0) is 13.1. The van der Waals surface area contributed by atoms with Gasteiger partial charge in [0.1, 0.15) is 6.61 Å². The number of ether oxygens (including phenoxy) is 1. The van der Waals surface area contributed by atoms with Gasteiger partial charge in [-0.25, -0.2) is 4.79 Å². The maximum Gasteiger partial charge on any atom is 0.410 e. The number of nitrogens with zero attached hydrogens (tertiary/aromatic N) is 1. The van der Waals surface area contributed by atoms with Crippen molar-refractivity contribution >= 4 is 12.1 Å². The molecule has 3 atom stereocenters. The first-order chi connectivity index (χ1) is 8.60. The summed E-state index contributed by atoms with van der Waals surface area (Å²) in [6.07, 6.45) is 3.63. The lowest BCUT2D eigenvalue weighted by molar-refractivity contribution is -0.144. The summed E-state index contributed by atoms with van der Waals surface area (Å²) in [5, 5.41) is 9.07. The monoisotopic (exact) mass is 253 g/mol. The van der Waals surface area contributed by atoms with E-state index >= 15 is 0 Å². The van der Waals surface area contributed by atoms with Gasteiger partial charge in [0.05, 0.1) is 5.92 Å². The number of carbonyl (C=O) groups excluding carboxylic acids is 1. The molecule has 1 saturated heterocycles. The number of carbonyl (C=O) groups is 2. The lowest BCUT2D eigenvalue weighted by atomic mass is 9.72. The molecule has 2 bridgehead atoms. The molecule has 2 rings (SSSR count). The minimum absolute atomic E-state index is 0.225. The summed E-state index contributed by atoms with van der Waals surface area (Å²) in [5.74, 6) is -0.336. The average molecular weight is 253 g/mol. The SMILES string of the molecule is C=CCOC(=O)N1C[C@@H]2CC(C(=O)O)C[C@@H](C2)C1. The van der Waals surface area contributed by atoms with Crippen LogP contribution in [-0.2, 0) is 9.53 Å². The normalized spacial score (nSPS) is 30.7. The molecule has 1 aliphatic carbocycles. The largest absolute Gasteiger partial charge is 0.481 e. The molecule has 1 aliphatic heterocycles. The molecule has 5 heteroatoms. The van der Waals surface area contributed by atoms with E-state index in [1.165, 1.54) is 0 Å². The van der Waals surface area contributed by atoms with Crippen molar-refractivity contribution in [1.29, 1.82) is 0 Å². The van der Waals surface area contributed by atoms with Crippen LogP contribution in [0.3, 0.4) is 0 Å². The predicted octanol–water partition coefficient (Wildman–Crippen LogP) is 1.74. The van der Waals surface area contributed by atoms with E-state index < -0.39 is 5.97 Å². The highest BCUT2D eigenvalue weighted by molar-refractivity contribution is 5.70. The van der Waals surface area contributed by atoms with Crippen molar-refractivity contribution in [3.05, 3.63) is 12.7 Å². The molecule has 0 aromatic heterocycles. The molecule has 1 unspecified atom stereocenters. The summed E-state index contributed by atoms with van der Waals surface area (Å²) in [4.78, 5) is 24.5. The molecule has 1 saturated carbocycles. The Morgan fingerprint density at radius 1 is 1.28 bits per heavy atom. The van der Waals surface area contributed by atoms with Gasteiger partial charge in [-0.05, 0) is 31.1 Å². The molecule has 2 fully saturated rings. The molecule has 1 amide bonds. The average Bonchev–Trinajstić information content (AvgIpc) is 2.34. The molecule has 100 valence electrons. The zero-order valence-corrected chi connectivity index (χ0v) is 10.4. The number of fused-ring (bicyclic) bond motifs is 2. The number of carboxylic acids is 1. The number of hydrogen-bond acceptors (Lipinski definition) is 3. The van der Waals surface area contributed by atoms with Crippen LogP contribution in [0.15, 0.2) is 12.7 Å². The van der Waals surface area contributed by atoms with Gasteiger partial charge >= 0.3 is 12.1 Å². The number of amides is 1. The zero-order valence-electron chi connectivity index (χ0n) is 10.4. The van der Waals surface area contributed by atoms with Crippen LogP contribution >= 0.6 is 0 Å². The van der Waals surface area contributed by atoms with Crippen LogP contribution in [0.4, 0.5) is 4.79 Å². The van der Waals surface area contributed by atoms with E-state index in [0.29, 0.717) is 37.8 Å². The van der Waals surface area contributed by atoms with Crippen LogP contribution in [0.1, 0.15) is 19.3 Å². The van der Waals surface area contributed by atoms with E-state index in [4.69, 9.17) is 9.84 Å². The van der Waals surface area contributed by atoms with Gasteiger partial charge in [-0.2, -0.15) is 0 Å². The van der Waals surface area contributed by atoms with Crippen molar-refractivity contribution in [3.8, 4) is 0 Å². The van der Waals surface area contributed by atoms with Gasteiger partial charge in [0.15, 0.2) is 0 Å². The maximum absolute atomic E-state index is 11.7. The summed E-state index contributed by atoms with van der Waals surface area (Å²) >= 11 is 0. The second-order valence-electron chi connectivity index (χ2n) is 5.24. The minimum Gasteiger partial charge on any atom is -0.481 e. The first-order valence-electron chi connectivity index (χ1n) is 6.35. The van der Waals surface area contributed by atoms with Crippen LogP contribution in [0, 0.1) is 17.8 Å². The van der Waals surface area contributed by atoms with Gasteiger partial charge in [-0.1, -0.05) is 12.7 Å². The van der Waals surface area contributed by atoms with Crippen LogP contribution in [-0.4, -0.2) is 41.8 Å².